The lowest BCUT2D eigenvalue weighted by molar-refractivity contribution is -0.140. The molecule has 21 heavy (non-hydrogen) atoms. The molecule has 0 aliphatic carbocycles. The quantitative estimate of drug-likeness (QED) is 0.817. The summed E-state index contributed by atoms with van der Waals surface area (Å²) in [6.45, 7) is 3.08. The molecule has 1 aromatic carbocycles. The van der Waals surface area contributed by atoms with Gasteiger partial charge in [-0.1, -0.05) is 22.0 Å². The standard InChI is InChI=1S/C15H19BrN2O3/c1-2-17(8-9-19)14(20)13-6-7-18(15(13)21)12-5-3-4-11(16)10-12/h3-5,10,13,19H,2,6-9H2,1H3. The molecule has 2 amide bonds. The molecule has 1 saturated heterocycles. The zero-order valence-corrected chi connectivity index (χ0v) is 13.5. The van der Waals surface area contributed by atoms with Crippen LogP contribution in [0.15, 0.2) is 28.7 Å². The summed E-state index contributed by atoms with van der Waals surface area (Å²) in [5.41, 5.74) is 0.801. The maximum Gasteiger partial charge on any atom is 0.239 e. The van der Waals surface area contributed by atoms with Gasteiger partial charge in [0.15, 0.2) is 0 Å². The Morgan fingerprint density at radius 3 is 2.90 bits per heavy atom. The monoisotopic (exact) mass is 354 g/mol. The van der Waals surface area contributed by atoms with E-state index in [9.17, 15) is 9.59 Å². The van der Waals surface area contributed by atoms with Gasteiger partial charge in [0.05, 0.1) is 6.61 Å². The third kappa shape index (κ3) is 3.44. The summed E-state index contributed by atoms with van der Waals surface area (Å²) in [7, 11) is 0. The minimum Gasteiger partial charge on any atom is -0.395 e. The number of carbonyl (C=O) groups excluding carboxylic acids is 2. The summed E-state index contributed by atoms with van der Waals surface area (Å²) in [6.07, 6.45) is 0.520. The van der Waals surface area contributed by atoms with Crippen LogP contribution in [0.3, 0.4) is 0 Å². The van der Waals surface area contributed by atoms with Gasteiger partial charge in [-0.3, -0.25) is 9.59 Å². The highest BCUT2D eigenvalue weighted by Crippen LogP contribution is 2.28. The van der Waals surface area contributed by atoms with Crippen LogP contribution >= 0.6 is 15.9 Å². The van der Waals surface area contributed by atoms with Gasteiger partial charge in [-0.15, -0.1) is 0 Å². The van der Waals surface area contributed by atoms with Gasteiger partial charge in [-0.25, -0.2) is 0 Å². The van der Waals surface area contributed by atoms with Crippen molar-refractivity contribution in [1.82, 2.24) is 4.90 Å². The van der Waals surface area contributed by atoms with E-state index in [-0.39, 0.29) is 25.0 Å². The zero-order chi connectivity index (χ0) is 15.4. The number of aliphatic hydroxyl groups excluding tert-OH is 1. The molecule has 1 fully saturated rings. The SMILES string of the molecule is CCN(CCO)C(=O)C1CCN(c2cccc(Br)c2)C1=O. The lowest BCUT2D eigenvalue weighted by Crippen LogP contribution is -2.41. The predicted molar refractivity (Wildman–Crippen MR) is 83.9 cm³/mol. The van der Waals surface area contributed by atoms with Crippen LogP contribution < -0.4 is 4.90 Å². The predicted octanol–water partition coefficient (Wildman–Crippen LogP) is 1.64. The fraction of sp³-hybridized carbons (Fsp3) is 0.467. The van der Waals surface area contributed by atoms with Crippen LogP contribution in [0.25, 0.3) is 0 Å². The van der Waals surface area contributed by atoms with E-state index >= 15 is 0 Å². The minimum absolute atomic E-state index is 0.0875. The van der Waals surface area contributed by atoms with E-state index in [2.05, 4.69) is 15.9 Å². The van der Waals surface area contributed by atoms with Crippen molar-refractivity contribution in [2.75, 3.05) is 31.1 Å². The van der Waals surface area contributed by atoms with Crippen LogP contribution in [0.2, 0.25) is 0 Å². The molecule has 0 bridgehead atoms. The van der Waals surface area contributed by atoms with Crippen LogP contribution in [0.1, 0.15) is 13.3 Å². The molecule has 2 rings (SSSR count). The molecule has 5 nitrogen and oxygen atoms in total. The molecule has 1 aliphatic rings. The normalized spacial score (nSPS) is 18.1. The van der Waals surface area contributed by atoms with E-state index in [0.29, 0.717) is 19.5 Å². The van der Waals surface area contributed by atoms with Crippen molar-refractivity contribution in [3.05, 3.63) is 28.7 Å². The second kappa shape index (κ2) is 7.04. The van der Waals surface area contributed by atoms with Gasteiger partial charge < -0.3 is 14.9 Å². The third-order valence-electron chi connectivity index (χ3n) is 3.69. The Hall–Kier alpha value is -1.40. The van der Waals surface area contributed by atoms with E-state index in [4.69, 9.17) is 5.11 Å². The average molecular weight is 355 g/mol. The molecule has 0 spiro atoms. The van der Waals surface area contributed by atoms with Gasteiger partial charge >= 0.3 is 0 Å². The van der Waals surface area contributed by atoms with Crippen molar-refractivity contribution < 1.29 is 14.7 Å². The van der Waals surface area contributed by atoms with Gasteiger partial charge in [0.25, 0.3) is 0 Å². The van der Waals surface area contributed by atoms with Crippen LogP contribution in [-0.4, -0.2) is 48.1 Å². The molecule has 1 N–H and O–H groups in total. The number of amides is 2. The first-order chi connectivity index (χ1) is 10.1. The summed E-state index contributed by atoms with van der Waals surface area (Å²) in [4.78, 5) is 28.1. The number of hydrogen-bond acceptors (Lipinski definition) is 3. The van der Waals surface area contributed by atoms with Crippen molar-refractivity contribution >= 4 is 33.4 Å². The maximum atomic E-state index is 12.5. The molecule has 1 aliphatic heterocycles. The molecule has 1 atom stereocenters. The van der Waals surface area contributed by atoms with E-state index < -0.39 is 5.92 Å². The van der Waals surface area contributed by atoms with Crippen molar-refractivity contribution in [3.63, 3.8) is 0 Å². The summed E-state index contributed by atoms with van der Waals surface area (Å²) in [5.74, 6) is -0.973. The summed E-state index contributed by atoms with van der Waals surface area (Å²) in [6, 6.07) is 7.50. The van der Waals surface area contributed by atoms with Crippen LogP contribution in [-0.2, 0) is 9.59 Å². The van der Waals surface area contributed by atoms with Crippen LogP contribution in [0, 0.1) is 5.92 Å². The number of anilines is 1. The number of likely N-dealkylation sites (N-methyl/N-ethyl adjacent to an activating group) is 1. The summed E-state index contributed by atoms with van der Waals surface area (Å²) < 4.78 is 0.901. The van der Waals surface area contributed by atoms with E-state index in [1.54, 1.807) is 4.90 Å². The first kappa shape index (κ1) is 16.0. The van der Waals surface area contributed by atoms with Gasteiger partial charge in [0.2, 0.25) is 11.8 Å². The lowest BCUT2D eigenvalue weighted by Gasteiger charge is -2.23. The number of halogens is 1. The highest BCUT2D eigenvalue weighted by molar-refractivity contribution is 9.10. The smallest absolute Gasteiger partial charge is 0.239 e. The fourth-order valence-electron chi connectivity index (χ4n) is 2.57. The van der Waals surface area contributed by atoms with Gasteiger partial charge in [0.1, 0.15) is 5.92 Å². The Morgan fingerprint density at radius 1 is 1.52 bits per heavy atom. The lowest BCUT2D eigenvalue weighted by atomic mass is 10.1. The number of carbonyl (C=O) groups is 2. The summed E-state index contributed by atoms with van der Waals surface area (Å²) in [5, 5.41) is 8.99. The van der Waals surface area contributed by atoms with Crippen molar-refractivity contribution in [2.45, 2.75) is 13.3 Å². The molecular weight excluding hydrogens is 336 g/mol. The third-order valence-corrected chi connectivity index (χ3v) is 4.18. The Kier molecular flexibility index (Phi) is 5.36. The average Bonchev–Trinajstić information content (AvgIpc) is 2.85. The van der Waals surface area contributed by atoms with Crippen LogP contribution in [0.5, 0.6) is 0 Å². The largest absolute Gasteiger partial charge is 0.395 e. The number of hydrogen-bond donors (Lipinski definition) is 1. The Balaban J connectivity index is 2.12. The van der Waals surface area contributed by atoms with E-state index in [1.165, 1.54) is 4.90 Å². The fourth-order valence-corrected chi connectivity index (χ4v) is 2.96. The molecular formula is C15H19BrN2O3. The Morgan fingerprint density at radius 2 is 2.29 bits per heavy atom. The summed E-state index contributed by atoms with van der Waals surface area (Å²) >= 11 is 3.39. The molecule has 1 heterocycles. The molecule has 1 unspecified atom stereocenters. The first-order valence-corrected chi connectivity index (χ1v) is 7.84. The molecule has 0 saturated carbocycles. The second-order valence-electron chi connectivity index (χ2n) is 4.95. The van der Waals surface area contributed by atoms with Gasteiger partial charge in [0, 0.05) is 29.8 Å². The molecule has 6 heteroatoms. The highest BCUT2D eigenvalue weighted by atomic mass is 79.9. The highest BCUT2D eigenvalue weighted by Gasteiger charge is 2.39. The number of nitrogens with zero attached hydrogens (tertiary/aromatic N) is 2. The van der Waals surface area contributed by atoms with Crippen molar-refractivity contribution in [2.24, 2.45) is 5.92 Å². The van der Waals surface area contributed by atoms with E-state index in [1.807, 2.05) is 31.2 Å². The number of aliphatic hydroxyl groups is 1. The molecule has 114 valence electrons. The van der Waals surface area contributed by atoms with Gasteiger partial charge in [-0.2, -0.15) is 0 Å². The first-order valence-electron chi connectivity index (χ1n) is 7.05. The van der Waals surface area contributed by atoms with E-state index in [0.717, 1.165) is 10.2 Å². The Labute approximate surface area is 132 Å². The van der Waals surface area contributed by atoms with Crippen LogP contribution in [0.4, 0.5) is 5.69 Å². The van der Waals surface area contributed by atoms with Crippen molar-refractivity contribution in [1.29, 1.82) is 0 Å². The van der Waals surface area contributed by atoms with Gasteiger partial charge in [-0.05, 0) is 31.5 Å². The zero-order valence-electron chi connectivity index (χ0n) is 12.0. The Bertz CT molecular complexity index is 535. The minimum atomic E-state index is -0.629. The molecule has 1 aromatic rings. The maximum absolute atomic E-state index is 12.5. The molecule has 0 aromatic heterocycles. The molecule has 0 radical (unpaired) electrons. The second-order valence-corrected chi connectivity index (χ2v) is 5.87. The number of benzene rings is 1. The van der Waals surface area contributed by atoms with Crippen molar-refractivity contribution in [3.8, 4) is 0 Å². The number of rotatable bonds is 5. The topological polar surface area (TPSA) is 60.9 Å².